The van der Waals surface area contributed by atoms with Crippen LogP contribution in [-0.4, -0.2) is 9.38 Å². The van der Waals surface area contributed by atoms with E-state index in [1.807, 2.05) is 49.7 Å². The fourth-order valence-electron chi connectivity index (χ4n) is 1.08. The minimum Gasteiger partial charge on any atom is -0.304 e. The molecule has 0 aliphatic heterocycles. The van der Waals surface area contributed by atoms with Crippen molar-refractivity contribution in [1.82, 2.24) is 9.38 Å². The lowest BCUT2D eigenvalue weighted by atomic mass is 10.4. The van der Waals surface area contributed by atoms with E-state index in [1.54, 1.807) is 0 Å². The minimum absolute atomic E-state index is 0. The Hall–Kier alpha value is -0.670. The summed E-state index contributed by atoms with van der Waals surface area (Å²) >= 11 is 5.77. The zero-order chi connectivity index (χ0) is 9.84. The fourth-order valence-corrected chi connectivity index (χ4v) is 1.24. The molecule has 78 valence electrons. The molecule has 2 nitrogen and oxygen atoms in total. The van der Waals surface area contributed by atoms with Gasteiger partial charge in [0.25, 0.3) is 0 Å². The maximum Gasteiger partial charge on any atom is 0.138 e. The van der Waals surface area contributed by atoms with Crippen LogP contribution in [0.1, 0.15) is 19.5 Å². The molecule has 14 heavy (non-hydrogen) atoms. The number of hydrogen-bond donors (Lipinski definition) is 0. The average molecular weight is 231 g/mol. The van der Waals surface area contributed by atoms with Crippen LogP contribution in [0.25, 0.3) is 5.65 Å². The van der Waals surface area contributed by atoms with Crippen LogP contribution in [0.5, 0.6) is 0 Å². The summed E-state index contributed by atoms with van der Waals surface area (Å²) in [5, 5.41) is 0.725. The van der Waals surface area contributed by atoms with Crippen LogP contribution < -0.4 is 0 Å². The highest BCUT2D eigenvalue weighted by Gasteiger charge is 1.97. The van der Waals surface area contributed by atoms with Crippen molar-refractivity contribution in [2.75, 3.05) is 0 Å². The zero-order valence-corrected chi connectivity index (χ0v) is 10.3. The molecule has 0 atom stereocenters. The monoisotopic (exact) mass is 230 g/mol. The van der Waals surface area contributed by atoms with Crippen LogP contribution >= 0.6 is 25.1 Å². The Kier molecular flexibility index (Phi) is 5.65. The predicted molar refractivity (Wildman–Crippen MR) is 66.7 cm³/mol. The lowest BCUT2D eigenvalue weighted by Crippen LogP contribution is -1.84. The molecular formula is C10H15ClN2S. The number of aryl methyl sites for hydroxylation is 1. The minimum atomic E-state index is 0. The van der Waals surface area contributed by atoms with Gasteiger partial charge in [-0.25, -0.2) is 4.98 Å². The molecule has 4 heteroatoms. The van der Waals surface area contributed by atoms with Gasteiger partial charge in [0.15, 0.2) is 0 Å². The summed E-state index contributed by atoms with van der Waals surface area (Å²) < 4.78 is 1.99. The van der Waals surface area contributed by atoms with Gasteiger partial charge < -0.3 is 4.40 Å². The summed E-state index contributed by atoms with van der Waals surface area (Å²) in [6, 6.07) is 3.69. The van der Waals surface area contributed by atoms with Gasteiger partial charge in [-0.3, -0.25) is 0 Å². The molecule has 0 spiro atoms. The van der Waals surface area contributed by atoms with Gasteiger partial charge in [0.05, 0.1) is 0 Å². The van der Waals surface area contributed by atoms with Crippen LogP contribution in [0.4, 0.5) is 0 Å². The molecule has 2 rings (SSSR count). The molecule has 0 saturated heterocycles. The van der Waals surface area contributed by atoms with E-state index < -0.39 is 0 Å². The van der Waals surface area contributed by atoms with Crippen LogP contribution in [0.15, 0.2) is 24.5 Å². The number of pyridine rings is 1. The Balaban J connectivity index is 0.000000531. The third-order valence-electron chi connectivity index (χ3n) is 1.66. The standard InChI is InChI=1S/C8H7ClN2.C2H6.H2S/c1-6-5-10-8-4-7(9)2-3-11(6)8;1-2;/h2-5H,1H3;1-2H3;1H2. The molecule has 0 aliphatic rings. The average Bonchev–Trinajstić information content (AvgIpc) is 2.51. The van der Waals surface area contributed by atoms with Crippen molar-refractivity contribution < 1.29 is 0 Å². The second kappa shape index (κ2) is 5.94. The molecule has 0 N–H and O–H groups in total. The summed E-state index contributed by atoms with van der Waals surface area (Å²) in [5.74, 6) is 0. The molecule has 0 bridgehead atoms. The highest BCUT2D eigenvalue weighted by atomic mass is 35.5. The van der Waals surface area contributed by atoms with Gasteiger partial charge >= 0.3 is 0 Å². The third-order valence-corrected chi connectivity index (χ3v) is 1.90. The summed E-state index contributed by atoms with van der Waals surface area (Å²) in [6.07, 6.45) is 3.74. The molecule has 0 unspecified atom stereocenters. The molecule has 0 amide bonds. The Morgan fingerprint density at radius 3 is 2.64 bits per heavy atom. The Morgan fingerprint density at radius 1 is 1.36 bits per heavy atom. The number of nitrogens with zero attached hydrogens (tertiary/aromatic N) is 2. The van der Waals surface area contributed by atoms with Gasteiger partial charge in [-0.2, -0.15) is 13.5 Å². The number of imidazole rings is 1. The van der Waals surface area contributed by atoms with E-state index in [-0.39, 0.29) is 13.5 Å². The number of rotatable bonds is 0. The summed E-state index contributed by atoms with van der Waals surface area (Å²) in [7, 11) is 0. The summed E-state index contributed by atoms with van der Waals surface area (Å²) in [6.45, 7) is 6.01. The van der Waals surface area contributed by atoms with E-state index in [1.165, 1.54) is 0 Å². The van der Waals surface area contributed by atoms with E-state index in [9.17, 15) is 0 Å². The van der Waals surface area contributed by atoms with Crippen LogP contribution in [0.3, 0.4) is 0 Å². The molecule has 0 aliphatic carbocycles. The Morgan fingerprint density at radius 2 is 2.00 bits per heavy atom. The smallest absolute Gasteiger partial charge is 0.138 e. The predicted octanol–water partition coefficient (Wildman–Crippen LogP) is 3.44. The molecule has 0 aromatic carbocycles. The van der Waals surface area contributed by atoms with Gasteiger partial charge in [0.2, 0.25) is 0 Å². The second-order valence-electron chi connectivity index (χ2n) is 2.47. The maximum absolute atomic E-state index is 5.77. The maximum atomic E-state index is 5.77. The van der Waals surface area contributed by atoms with Crippen molar-refractivity contribution in [2.24, 2.45) is 0 Å². The fraction of sp³-hybridized carbons (Fsp3) is 0.300. The first-order valence-corrected chi connectivity index (χ1v) is 4.74. The topological polar surface area (TPSA) is 17.3 Å². The van der Waals surface area contributed by atoms with E-state index in [0.29, 0.717) is 0 Å². The normalized spacial score (nSPS) is 8.86. The molecule has 0 fully saturated rings. The van der Waals surface area contributed by atoms with Gasteiger partial charge in [-0.1, -0.05) is 25.4 Å². The summed E-state index contributed by atoms with van der Waals surface area (Å²) in [5.41, 5.74) is 2.02. The molecule has 2 heterocycles. The molecule has 0 saturated carbocycles. The van der Waals surface area contributed by atoms with E-state index >= 15 is 0 Å². The number of aromatic nitrogens is 2. The highest BCUT2D eigenvalue weighted by Crippen LogP contribution is 2.12. The number of hydrogen-bond acceptors (Lipinski definition) is 1. The van der Waals surface area contributed by atoms with Crippen molar-refractivity contribution >= 4 is 30.7 Å². The summed E-state index contributed by atoms with van der Waals surface area (Å²) in [4.78, 5) is 4.16. The van der Waals surface area contributed by atoms with Crippen molar-refractivity contribution in [1.29, 1.82) is 0 Å². The van der Waals surface area contributed by atoms with Crippen LogP contribution in [0.2, 0.25) is 5.02 Å². The van der Waals surface area contributed by atoms with E-state index in [4.69, 9.17) is 11.6 Å². The van der Waals surface area contributed by atoms with Gasteiger partial charge in [0.1, 0.15) is 5.65 Å². The van der Waals surface area contributed by atoms with Gasteiger partial charge in [0, 0.05) is 23.1 Å². The van der Waals surface area contributed by atoms with Crippen molar-refractivity contribution in [3.8, 4) is 0 Å². The molecule has 2 aromatic heterocycles. The highest BCUT2D eigenvalue weighted by molar-refractivity contribution is 7.59. The zero-order valence-electron chi connectivity index (χ0n) is 8.58. The number of halogens is 1. The Labute approximate surface area is 96.4 Å². The van der Waals surface area contributed by atoms with Gasteiger partial charge in [-0.15, -0.1) is 0 Å². The third kappa shape index (κ3) is 2.66. The van der Waals surface area contributed by atoms with Crippen LogP contribution in [0, 0.1) is 6.92 Å². The van der Waals surface area contributed by atoms with Crippen molar-refractivity contribution in [2.45, 2.75) is 20.8 Å². The Bertz CT molecular complexity index is 398. The van der Waals surface area contributed by atoms with E-state index in [0.717, 1.165) is 16.4 Å². The van der Waals surface area contributed by atoms with Gasteiger partial charge in [-0.05, 0) is 19.1 Å². The van der Waals surface area contributed by atoms with Crippen molar-refractivity contribution in [3.63, 3.8) is 0 Å². The first kappa shape index (κ1) is 13.3. The van der Waals surface area contributed by atoms with Crippen LogP contribution in [-0.2, 0) is 0 Å². The molecule has 2 aromatic rings. The molecular weight excluding hydrogens is 216 g/mol. The number of fused-ring (bicyclic) bond motifs is 1. The molecule has 0 radical (unpaired) electrons. The first-order chi connectivity index (χ1) is 6.27. The lowest BCUT2D eigenvalue weighted by molar-refractivity contribution is 1.11. The first-order valence-electron chi connectivity index (χ1n) is 4.36. The lowest BCUT2D eigenvalue weighted by Gasteiger charge is -1.94. The SMILES string of the molecule is CC.Cc1cnc2cc(Cl)ccn12.S. The quantitative estimate of drug-likeness (QED) is 0.678. The largest absolute Gasteiger partial charge is 0.304 e. The second-order valence-corrected chi connectivity index (χ2v) is 2.91. The van der Waals surface area contributed by atoms with E-state index in [2.05, 4.69) is 4.98 Å². The van der Waals surface area contributed by atoms with Crippen molar-refractivity contribution in [3.05, 3.63) is 35.2 Å².